The maximum absolute atomic E-state index is 12.7. The predicted octanol–water partition coefficient (Wildman–Crippen LogP) is 2.43. The van der Waals surface area contributed by atoms with Crippen molar-refractivity contribution in [3.8, 4) is 0 Å². The molecule has 2 aromatic rings. The van der Waals surface area contributed by atoms with Gasteiger partial charge in [-0.1, -0.05) is 5.16 Å². The van der Waals surface area contributed by atoms with E-state index in [0.717, 1.165) is 55.1 Å². The van der Waals surface area contributed by atoms with Crippen molar-refractivity contribution in [1.82, 2.24) is 25.3 Å². The molecule has 27 heavy (non-hydrogen) atoms. The Balaban J connectivity index is 1.57. The predicted molar refractivity (Wildman–Crippen MR) is 95.3 cm³/mol. The van der Waals surface area contributed by atoms with Crippen molar-refractivity contribution in [3.63, 3.8) is 0 Å². The number of nitrogens with one attached hydrogen (secondary N) is 1. The van der Waals surface area contributed by atoms with Crippen LogP contribution < -0.4 is 5.32 Å². The van der Waals surface area contributed by atoms with Gasteiger partial charge in [0.05, 0.1) is 12.2 Å². The first-order valence-electron chi connectivity index (χ1n) is 8.62. The minimum atomic E-state index is -4.41. The number of thiazole rings is 1. The highest BCUT2D eigenvalue weighted by Gasteiger charge is 2.33. The Bertz CT molecular complexity index is 738. The molecule has 0 aromatic carbocycles. The van der Waals surface area contributed by atoms with E-state index in [9.17, 15) is 13.2 Å². The minimum absolute atomic E-state index is 0.127. The van der Waals surface area contributed by atoms with Gasteiger partial charge in [0.15, 0.2) is 11.7 Å². The number of rotatable bonds is 5. The van der Waals surface area contributed by atoms with Crippen molar-refractivity contribution in [2.24, 2.45) is 4.99 Å². The molecule has 7 nitrogen and oxygen atoms in total. The van der Waals surface area contributed by atoms with Gasteiger partial charge in [0, 0.05) is 50.7 Å². The molecular weight excluding hydrogens is 381 g/mol. The highest BCUT2D eigenvalue weighted by Crippen LogP contribution is 2.30. The molecule has 3 heterocycles. The van der Waals surface area contributed by atoms with E-state index in [4.69, 9.17) is 4.52 Å². The van der Waals surface area contributed by atoms with Crippen LogP contribution in [-0.4, -0.2) is 58.6 Å². The lowest BCUT2D eigenvalue weighted by molar-refractivity contribution is -0.140. The van der Waals surface area contributed by atoms with Gasteiger partial charge in [0.1, 0.15) is 11.3 Å². The minimum Gasteiger partial charge on any atom is -0.364 e. The Morgan fingerprint density at radius 2 is 2.11 bits per heavy atom. The summed E-state index contributed by atoms with van der Waals surface area (Å²) in [7, 11) is 0. The lowest BCUT2D eigenvalue weighted by Crippen LogP contribution is -2.52. The smallest absolute Gasteiger partial charge is 0.364 e. The van der Waals surface area contributed by atoms with Crippen LogP contribution >= 0.6 is 11.3 Å². The fourth-order valence-corrected chi connectivity index (χ4v) is 3.47. The van der Waals surface area contributed by atoms with Crippen LogP contribution in [0.5, 0.6) is 0 Å². The summed E-state index contributed by atoms with van der Waals surface area (Å²) < 4.78 is 42.8. The van der Waals surface area contributed by atoms with E-state index in [-0.39, 0.29) is 6.54 Å². The number of hydrogen-bond donors (Lipinski definition) is 1. The second kappa shape index (κ2) is 8.70. The van der Waals surface area contributed by atoms with Crippen molar-refractivity contribution >= 4 is 17.3 Å². The fraction of sp³-hybridized carbons (Fsp3) is 0.562. The van der Waals surface area contributed by atoms with E-state index in [1.165, 1.54) is 0 Å². The molecule has 1 aliphatic heterocycles. The van der Waals surface area contributed by atoms with Crippen LogP contribution in [0.2, 0.25) is 0 Å². The highest BCUT2D eigenvalue weighted by molar-refractivity contribution is 7.09. The summed E-state index contributed by atoms with van der Waals surface area (Å²) in [5, 5.41) is 8.51. The molecule has 0 amide bonds. The van der Waals surface area contributed by atoms with Gasteiger partial charge in [-0.3, -0.25) is 4.90 Å². The van der Waals surface area contributed by atoms with Crippen LogP contribution in [0.3, 0.4) is 0 Å². The van der Waals surface area contributed by atoms with Gasteiger partial charge >= 0.3 is 6.18 Å². The van der Waals surface area contributed by atoms with Crippen molar-refractivity contribution in [1.29, 1.82) is 0 Å². The summed E-state index contributed by atoms with van der Waals surface area (Å²) in [6.45, 7) is 6.73. The van der Waals surface area contributed by atoms with Gasteiger partial charge in [-0.05, 0) is 6.92 Å². The first kappa shape index (κ1) is 19.6. The van der Waals surface area contributed by atoms with Crippen LogP contribution in [0.4, 0.5) is 13.2 Å². The summed E-state index contributed by atoms with van der Waals surface area (Å²) >= 11 is 0.977. The Morgan fingerprint density at radius 3 is 2.70 bits per heavy atom. The van der Waals surface area contributed by atoms with Crippen molar-refractivity contribution in [2.45, 2.75) is 26.2 Å². The molecule has 0 aliphatic carbocycles. The third-order valence-electron chi connectivity index (χ3n) is 4.09. The van der Waals surface area contributed by atoms with E-state index in [2.05, 4.69) is 30.2 Å². The van der Waals surface area contributed by atoms with Gasteiger partial charge in [-0.25, -0.2) is 9.98 Å². The van der Waals surface area contributed by atoms with Gasteiger partial charge in [-0.2, -0.15) is 13.2 Å². The quantitative estimate of drug-likeness (QED) is 0.612. The molecule has 148 valence electrons. The number of guanidine groups is 1. The van der Waals surface area contributed by atoms with Gasteiger partial charge in [0.25, 0.3) is 0 Å². The van der Waals surface area contributed by atoms with E-state index in [1.807, 2.05) is 13.0 Å². The summed E-state index contributed by atoms with van der Waals surface area (Å²) in [5.41, 5.74) is 0.0393. The average Bonchev–Trinajstić information content (AvgIpc) is 3.31. The second-order valence-corrected chi connectivity index (χ2v) is 6.99. The van der Waals surface area contributed by atoms with Crippen LogP contribution in [0.15, 0.2) is 27.2 Å². The second-order valence-electron chi connectivity index (χ2n) is 6.05. The SMILES string of the molecule is CCNC(=NCc1nc(C(F)(F)F)cs1)N1CCN(Cc2ccon2)CC1. The average molecular weight is 402 g/mol. The lowest BCUT2D eigenvalue weighted by Gasteiger charge is -2.36. The monoisotopic (exact) mass is 402 g/mol. The maximum Gasteiger partial charge on any atom is 0.434 e. The molecule has 0 radical (unpaired) electrons. The number of piperazine rings is 1. The molecule has 0 bridgehead atoms. The molecule has 0 spiro atoms. The standard InChI is InChI=1S/C16H21F3N6OS/c1-2-20-15(21-9-14-22-13(11-27-14)16(17,18)19)25-6-4-24(5-7-25)10-12-3-8-26-23-12/h3,8,11H,2,4-7,9-10H2,1H3,(H,20,21). The molecule has 1 N–H and O–H groups in total. The zero-order valence-electron chi connectivity index (χ0n) is 14.9. The molecule has 0 atom stereocenters. The third-order valence-corrected chi connectivity index (χ3v) is 4.92. The topological polar surface area (TPSA) is 69.8 Å². The molecule has 0 unspecified atom stereocenters. The van der Waals surface area contributed by atoms with E-state index in [0.29, 0.717) is 17.5 Å². The number of hydrogen-bond acceptors (Lipinski definition) is 6. The first-order valence-corrected chi connectivity index (χ1v) is 9.50. The van der Waals surface area contributed by atoms with Crippen molar-refractivity contribution in [3.05, 3.63) is 34.1 Å². The Hall–Kier alpha value is -2.14. The molecule has 1 saturated heterocycles. The van der Waals surface area contributed by atoms with Crippen LogP contribution in [0.25, 0.3) is 0 Å². The number of aliphatic imine (C=N–C) groups is 1. The van der Waals surface area contributed by atoms with E-state index in [1.54, 1.807) is 6.26 Å². The maximum atomic E-state index is 12.7. The third kappa shape index (κ3) is 5.42. The number of alkyl halides is 3. The van der Waals surface area contributed by atoms with Crippen molar-refractivity contribution in [2.75, 3.05) is 32.7 Å². The molecule has 1 aliphatic rings. The van der Waals surface area contributed by atoms with Gasteiger partial charge < -0.3 is 14.7 Å². The Labute approximate surface area is 158 Å². The van der Waals surface area contributed by atoms with E-state index < -0.39 is 11.9 Å². The van der Waals surface area contributed by atoms with Crippen molar-refractivity contribution < 1.29 is 17.7 Å². The van der Waals surface area contributed by atoms with Gasteiger partial charge in [0.2, 0.25) is 0 Å². The zero-order valence-corrected chi connectivity index (χ0v) is 15.7. The highest BCUT2D eigenvalue weighted by atomic mass is 32.1. The number of aromatic nitrogens is 2. The number of nitrogens with zero attached hydrogens (tertiary/aromatic N) is 5. The molecule has 0 saturated carbocycles. The van der Waals surface area contributed by atoms with Crippen LogP contribution in [-0.2, 0) is 19.3 Å². The summed E-state index contributed by atoms with van der Waals surface area (Å²) in [6.07, 6.45) is -2.85. The fourth-order valence-electron chi connectivity index (χ4n) is 2.75. The Morgan fingerprint density at radius 1 is 1.33 bits per heavy atom. The largest absolute Gasteiger partial charge is 0.434 e. The molecule has 2 aromatic heterocycles. The van der Waals surface area contributed by atoms with Crippen LogP contribution in [0.1, 0.15) is 23.3 Å². The van der Waals surface area contributed by atoms with E-state index >= 15 is 0 Å². The lowest BCUT2D eigenvalue weighted by atomic mass is 10.3. The summed E-state index contributed by atoms with van der Waals surface area (Å²) in [4.78, 5) is 12.5. The molecule has 3 rings (SSSR count). The molecule has 11 heteroatoms. The normalized spacial score (nSPS) is 16.7. The Kier molecular flexibility index (Phi) is 6.32. The number of halogens is 3. The van der Waals surface area contributed by atoms with Gasteiger partial charge in [-0.15, -0.1) is 11.3 Å². The first-order chi connectivity index (χ1) is 13.0. The molecule has 1 fully saturated rings. The van der Waals surface area contributed by atoms with Crippen LogP contribution in [0, 0.1) is 0 Å². The zero-order chi connectivity index (χ0) is 19.3. The summed E-state index contributed by atoms with van der Waals surface area (Å²) in [6, 6.07) is 1.85. The summed E-state index contributed by atoms with van der Waals surface area (Å²) in [5.74, 6) is 0.697. The molecular formula is C16H21F3N6OS.